The summed E-state index contributed by atoms with van der Waals surface area (Å²) in [4.78, 5) is 14.9. The van der Waals surface area contributed by atoms with Gasteiger partial charge in [0.1, 0.15) is 0 Å². The van der Waals surface area contributed by atoms with Crippen LogP contribution < -0.4 is 5.73 Å². The molecule has 1 atom stereocenters. The molecule has 82 valence electrons. The largest absolute Gasteiger partial charge is 0.336 e. The van der Waals surface area contributed by atoms with E-state index in [0.29, 0.717) is 0 Å². The van der Waals surface area contributed by atoms with Gasteiger partial charge in [-0.15, -0.1) is 11.3 Å². The molecule has 1 fully saturated rings. The zero-order valence-electron chi connectivity index (χ0n) is 8.90. The molecule has 2 heterocycles. The first-order valence-electron chi connectivity index (χ1n) is 5.26. The maximum atomic E-state index is 11.8. The van der Waals surface area contributed by atoms with Gasteiger partial charge < -0.3 is 10.6 Å². The maximum Gasteiger partial charge on any atom is 0.239 e. The monoisotopic (exact) mass is 224 g/mol. The number of hydrogen-bond acceptors (Lipinski definition) is 3. The predicted molar refractivity (Wildman–Crippen MR) is 61.7 cm³/mol. The molecule has 1 aromatic heterocycles. The summed E-state index contributed by atoms with van der Waals surface area (Å²) < 4.78 is 0. The average molecular weight is 224 g/mol. The van der Waals surface area contributed by atoms with Crippen LogP contribution in [0.3, 0.4) is 0 Å². The summed E-state index contributed by atoms with van der Waals surface area (Å²) >= 11 is 1.71. The molecule has 3 nitrogen and oxygen atoms in total. The van der Waals surface area contributed by atoms with Gasteiger partial charge in [-0.3, -0.25) is 4.79 Å². The minimum Gasteiger partial charge on any atom is -0.336 e. The van der Waals surface area contributed by atoms with Crippen molar-refractivity contribution in [2.45, 2.75) is 32.4 Å². The molecule has 15 heavy (non-hydrogen) atoms. The molecule has 1 amide bonds. The Kier molecular flexibility index (Phi) is 3.07. The Morgan fingerprint density at radius 3 is 3.13 bits per heavy atom. The molecular formula is C11H16N2OS. The molecule has 1 saturated heterocycles. The summed E-state index contributed by atoms with van der Waals surface area (Å²) in [5.41, 5.74) is 7.02. The van der Waals surface area contributed by atoms with Crippen molar-refractivity contribution in [3.8, 4) is 0 Å². The number of carbonyl (C=O) groups is 1. The van der Waals surface area contributed by atoms with E-state index in [9.17, 15) is 4.79 Å². The molecule has 0 radical (unpaired) electrons. The number of nitrogens with two attached hydrogens (primary N) is 1. The molecule has 0 aliphatic carbocycles. The van der Waals surface area contributed by atoms with Gasteiger partial charge in [0.05, 0.1) is 12.6 Å². The first-order valence-corrected chi connectivity index (χ1v) is 6.14. The summed E-state index contributed by atoms with van der Waals surface area (Å²) in [6.07, 6.45) is 1.86. The third kappa shape index (κ3) is 2.21. The minimum atomic E-state index is -0.279. The second kappa shape index (κ2) is 4.33. The number of rotatable bonds is 2. The van der Waals surface area contributed by atoms with Crippen molar-refractivity contribution in [2.75, 3.05) is 6.54 Å². The summed E-state index contributed by atoms with van der Waals surface area (Å²) in [7, 11) is 0. The van der Waals surface area contributed by atoms with Gasteiger partial charge in [0.15, 0.2) is 0 Å². The highest BCUT2D eigenvalue weighted by atomic mass is 32.1. The van der Waals surface area contributed by atoms with E-state index in [2.05, 4.69) is 18.4 Å². The number of aryl methyl sites for hydroxylation is 1. The molecular weight excluding hydrogens is 208 g/mol. The normalized spacial score (nSPS) is 22.1. The van der Waals surface area contributed by atoms with Gasteiger partial charge in [-0.05, 0) is 36.8 Å². The topological polar surface area (TPSA) is 46.3 Å². The van der Waals surface area contributed by atoms with Crippen molar-refractivity contribution < 1.29 is 4.79 Å². The summed E-state index contributed by atoms with van der Waals surface area (Å²) in [6, 6.07) is 1.81. The van der Waals surface area contributed by atoms with E-state index in [1.54, 1.807) is 11.3 Å². The highest BCUT2D eigenvalue weighted by Gasteiger charge is 2.25. The van der Waals surface area contributed by atoms with Crippen LogP contribution >= 0.6 is 11.3 Å². The number of hydrogen-bond donors (Lipinski definition) is 1. The zero-order valence-corrected chi connectivity index (χ0v) is 9.72. The Labute approximate surface area is 93.9 Å². The highest BCUT2D eigenvalue weighted by Crippen LogP contribution is 2.20. The van der Waals surface area contributed by atoms with Gasteiger partial charge >= 0.3 is 0 Å². The zero-order chi connectivity index (χ0) is 10.8. The van der Waals surface area contributed by atoms with E-state index in [4.69, 9.17) is 5.73 Å². The van der Waals surface area contributed by atoms with Gasteiger partial charge in [0.2, 0.25) is 5.91 Å². The van der Waals surface area contributed by atoms with Crippen LogP contribution in [0.1, 0.15) is 23.3 Å². The quantitative estimate of drug-likeness (QED) is 0.827. The molecule has 2 rings (SSSR count). The van der Waals surface area contributed by atoms with Crippen LogP contribution in [0.25, 0.3) is 0 Å². The standard InChI is InChI=1S/C11H16N2OS/c1-8-4-6-15-10(8)7-13-5-2-3-9(12)11(13)14/h4,6,9H,2-3,5,7,12H2,1H3. The van der Waals surface area contributed by atoms with Crippen LogP contribution in [0, 0.1) is 6.92 Å². The third-order valence-corrected chi connectivity index (χ3v) is 3.88. The lowest BCUT2D eigenvalue weighted by Gasteiger charge is -2.30. The Morgan fingerprint density at radius 2 is 2.47 bits per heavy atom. The van der Waals surface area contributed by atoms with Crippen molar-refractivity contribution in [3.63, 3.8) is 0 Å². The Bertz CT molecular complexity index is 361. The summed E-state index contributed by atoms with van der Waals surface area (Å²) in [6.45, 7) is 3.67. The molecule has 0 spiro atoms. The second-order valence-corrected chi connectivity index (χ2v) is 5.04. The van der Waals surface area contributed by atoms with Gasteiger partial charge in [-0.25, -0.2) is 0 Å². The molecule has 0 saturated carbocycles. The van der Waals surface area contributed by atoms with Gasteiger partial charge in [0, 0.05) is 11.4 Å². The van der Waals surface area contributed by atoms with E-state index in [1.807, 2.05) is 4.90 Å². The Balaban J connectivity index is 2.05. The number of likely N-dealkylation sites (tertiary alicyclic amines) is 1. The molecule has 0 aromatic carbocycles. The fraction of sp³-hybridized carbons (Fsp3) is 0.545. The predicted octanol–water partition coefficient (Wildman–Crippen LogP) is 1.51. The molecule has 1 aliphatic rings. The second-order valence-electron chi connectivity index (χ2n) is 4.04. The van der Waals surface area contributed by atoms with Gasteiger partial charge in [0.25, 0.3) is 0 Å². The van der Waals surface area contributed by atoms with Gasteiger partial charge in [-0.2, -0.15) is 0 Å². The minimum absolute atomic E-state index is 0.106. The fourth-order valence-corrected chi connectivity index (χ4v) is 2.79. The van der Waals surface area contributed by atoms with Crippen molar-refractivity contribution >= 4 is 17.2 Å². The number of carbonyl (C=O) groups excluding carboxylic acids is 1. The van der Waals surface area contributed by atoms with E-state index in [-0.39, 0.29) is 11.9 Å². The van der Waals surface area contributed by atoms with Crippen LogP contribution in [0.4, 0.5) is 0 Å². The molecule has 1 aliphatic heterocycles. The van der Waals surface area contributed by atoms with Crippen LogP contribution in [0.2, 0.25) is 0 Å². The SMILES string of the molecule is Cc1ccsc1CN1CCCC(N)C1=O. The molecule has 1 aromatic rings. The van der Waals surface area contributed by atoms with E-state index in [0.717, 1.165) is 25.9 Å². The first-order chi connectivity index (χ1) is 7.18. The highest BCUT2D eigenvalue weighted by molar-refractivity contribution is 7.10. The van der Waals surface area contributed by atoms with E-state index < -0.39 is 0 Å². The van der Waals surface area contributed by atoms with Crippen molar-refractivity contribution in [2.24, 2.45) is 5.73 Å². The van der Waals surface area contributed by atoms with Crippen LogP contribution in [0.5, 0.6) is 0 Å². The molecule has 1 unspecified atom stereocenters. The van der Waals surface area contributed by atoms with Crippen molar-refractivity contribution in [1.29, 1.82) is 0 Å². The molecule has 2 N–H and O–H groups in total. The lowest BCUT2D eigenvalue weighted by atomic mass is 10.1. The summed E-state index contributed by atoms with van der Waals surface area (Å²) in [5.74, 6) is 0.106. The lowest BCUT2D eigenvalue weighted by molar-refractivity contribution is -0.135. The first kappa shape index (κ1) is 10.6. The fourth-order valence-electron chi connectivity index (χ4n) is 1.87. The maximum absolute atomic E-state index is 11.8. The van der Waals surface area contributed by atoms with E-state index >= 15 is 0 Å². The van der Waals surface area contributed by atoms with Crippen LogP contribution in [-0.4, -0.2) is 23.4 Å². The Hall–Kier alpha value is -0.870. The summed E-state index contributed by atoms with van der Waals surface area (Å²) in [5, 5.41) is 2.07. The smallest absolute Gasteiger partial charge is 0.239 e. The van der Waals surface area contributed by atoms with Crippen LogP contribution in [-0.2, 0) is 11.3 Å². The van der Waals surface area contributed by atoms with Crippen LogP contribution in [0.15, 0.2) is 11.4 Å². The third-order valence-electron chi connectivity index (χ3n) is 2.87. The number of piperidine rings is 1. The number of amides is 1. The van der Waals surface area contributed by atoms with E-state index in [1.165, 1.54) is 10.4 Å². The van der Waals surface area contributed by atoms with Crippen molar-refractivity contribution in [3.05, 3.63) is 21.9 Å². The number of nitrogens with zero attached hydrogens (tertiary/aromatic N) is 1. The van der Waals surface area contributed by atoms with Gasteiger partial charge in [-0.1, -0.05) is 0 Å². The lowest BCUT2D eigenvalue weighted by Crippen LogP contribution is -2.47. The molecule has 0 bridgehead atoms. The molecule has 4 heteroatoms. The number of thiophene rings is 1. The van der Waals surface area contributed by atoms with Crippen molar-refractivity contribution in [1.82, 2.24) is 4.90 Å². The average Bonchev–Trinajstić information content (AvgIpc) is 2.60. The Morgan fingerprint density at radius 1 is 1.67 bits per heavy atom.